The van der Waals surface area contributed by atoms with Crippen molar-refractivity contribution in [2.24, 2.45) is 5.16 Å². The largest absolute Gasteiger partial charge is 0.483 e. The summed E-state index contributed by atoms with van der Waals surface area (Å²) in [6.07, 6.45) is 0. The Bertz CT molecular complexity index is 484. The molecule has 0 atom stereocenters. The van der Waals surface area contributed by atoms with Gasteiger partial charge in [-0.25, -0.2) is 0 Å². The van der Waals surface area contributed by atoms with Crippen LogP contribution < -0.4 is 4.74 Å². The molecule has 0 unspecified atom stereocenters. The van der Waals surface area contributed by atoms with Gasteiger partial charge in [-0.15, -0.1) is 0 Å². The van der Waals surface area contributed by atoms with Crippen molar-refractivity contribution in [3.05, 3.63) is 29.3 Å². The van der Waals surface area contributed by atoms with E-state index in [1.165, 1.54) is 0 Å². The molecule has 0 radical (unpaired) electrons. The summed E-state index contributed by atoms with van der Waals surface area (Å²) < 4.78 is 5.54. The molecular weight excluding hydrogens is 244 g/mol. The molecule has 1 rings (SSSR count). The second kappa shape index (κ2) is 6.78. The quantitative estimate of drug-likeness (QED) is 0.503. The summed E-state index contributed by atoms with van der Waals surface area (Å²) in [4.78, 5) is 13.3. The van der Waals surface area contributed by atoms with Crippen LogP contribution in [-0.4, -0.2) is 41.9 Å². The minimum atomic E-state index is -0.0893. The molecule has 19 heavy (non-hydrogen) atoms. The number of benzene rings is 1. The zero-order valence-electron chi connectivity index (χ0n) is 11.8. The highest BCUT2D eigenvalue weighted by Crippen LogP contribution is 2.21. The normalized spacial score (nSPS) is 11.3. The number of ether oxygens (including phenoxy) is 1. The van der Waals surface area contributed by atoms with Crippen molar-refractivity contribution in [1.82, 2.24) is 4.90 Å². The van der Waals surface area contributed by atoms with E-state index in [4.69, 9.17) is 9.94 Å². The molecule has 0 bridgehead atoms. The van der Waals surface area contributed by atoms with E-state index in [0.717, 1.165) is 5.56 Å². The number of aryl methyl sites for hydroxylation is 1. The van der Waals surface area contributed by atoms with Crippen LogP contribution in [0.4, 0.5) is 0 Å². The summed E-state index contributed by atoms with van der Waals surface area (Å²) in [6, 6.07) is 5.54. The predicted octanol–water partition coefficient (Wildman–Crippen LogP) is 2.05. The zero-order chi connectivity index (χ0) is 14.4. The monoisotopic (exact) mass is 264 g/mol. The van der Waals surface area contributed by atoms with Gasteiger partial charge in [-0.05, 0) is 38.5 Å². The van der Waals surface area contributed by atoms with Crippen LogP contribution in [0.25, 0.3) is 0 Å². The molecule has 1 aromatic rings. The van der Waals surface area contributed by atoms with Gasteiger partial charge >= 0.3 is 0 Å². The molecule has 104 valence electrons. The molecule has 0 heterocycles. The molecule has 1 N–H and O–H groups in total. The number of likely N-dealkylation sites (N-methyl/N-ethyl adjacent to an activating group) is 1. The van der Waals surface area contributed by atoms with Gasteiger partial charge < -0.3 is 14.8 Å². The highest BCUT2D eigenvalue weighted by atomic mass is 16.5. The van der Waals surface area contributed by atoms with Crippen molar-refractivity contribution in [1.29, 1.82) is 0 Å². The summed E-state index contributed by atoms with van der Waals surface area (Å²) in [5, 5.41) is 12.0. The smallest absolute Gasteiger partial charge is 0.260 e. The third-order valence-corrected chi connectivity index (χ3v) is 2.93. The number of nitrogens with zero attached hydrogens (tertiary/aromatic N) is 2. The SMILES string of the molecule is CCN(C)C(=O)COc1cc(C)ccc1C(C)=NO. The van der Waals surface area contributed by atoms with Crippen molar-refractivity contribution >= 4 is 11.6 Å². The Labute approximate surface area is 113 Å². The molecular formula is C14H20N2O3. The molecule has 0 aromatic heterocycles. The van der Waals surface area contributed by atoms with Crippen molar-refractivity contribution < 1.29 is 14.7 Å². The molecule has 0 aliphatic heterocycles. The first kappa shape index (κ1) is 15.0. The standard InChI is InChI=1S/C14H20N2O3/c1-5-16(4)14(17)9-19-13-8-10(2)6-7-12(13)11(3)15-18/h6-8,18H,5,9H2,1-4H3. The number of hydrogen-bond acceptors (Lipinski definition) is 4. The van der Waals surface area contributed by atoms with Gasteiger partial charge in [0.15, 0.2) is 6.61 Å². The average molecular weight is 264 g/mol. The Morgan fingerprint density at radius 2 is 2.16 bits per heavy atom. The number of oxime groups is 1. The van der Waals surface area contributed by atoms with Crippen LogP contribution in [0.15, 0.2) is 23.4 Å². The fourth-order valence-electron chi connectivity index (χ4n) is 1.53. The van der Waals surface area contributed by atoms with E-state index >= 15 is 0 Å². The number of amides is 1. The van der Waals surface area contributed by atoms with E-state index in [9.17, 15) is 4.79 Å². The topological polar surface area (TPSA) is 62.1 Å². The van der Waals surface area contributed by atoms with Gasteiger partial charge in [0.2, 0.25) is 0 Å². The number of carbonyl (C=O) groups excluding carboxylic acids is 1. The van der Waals surface area contributed by atoms with E-state index < -0.39 is 0 Å². The predicted molar refractivity (Wildman–Crippen MR) is 74.0 cm³/mol. The molecule has 0 spiro atoms. The third kappa shape index (κ3) is 3.98. The minimum absolute atomic E-state index is 0.0283. The second-order valence-corrected chi connectivity index (χ2v) is 4.38. The van der Waals surface area contributed by atoms with Crippen LogP contribution in [-0.2, 0) is 4.79 Å². The third-order valence-electron chi connectivity index (χ3n) is 2.93. The fourth-order valence-corrected chi connectivity index (χ4v) is 1.53. The van der Waals surface area contributed by atoms with Gasteiger partial charge in [0.05, 0.1) is 5.71 Å². The maximum Gasteiger partial charge on any atom is 0.260 e. The number of carbonyl (C=O) groups is 1. The average Bonchev–Trinajstić information content (AvgIpc) is 2.43. The fraction of sp³-hybridized carbons (Fsp3) is 0.429. The highest BCUT2D eigenvalue weighted by Gasteiger charge is 2.11. The van der Waals surface area contributed by atoms with Crippen molar-refractivity contribution in [2.75, 3.05) is 20.2 Å². The van der Waals surface area contributed by atoms with E-state index in [1.807, 2.05) is 32.0 Å². The zero-order valence-corrected chi connectivity index (χ0v) is 11.8. The summed E-state index contributed by atoms with van der Waals surface area (Å²) in [6.45, 7) is 6.12. The molecule has 5 nitrogen and oxygen atoms in total. The summed E-state index contributed by atoms with van der Waals surface area (Å²) in [5.74, 6) is 0.460. The van der Waals surface area contributed by atoms with Crippen LogP contribution in [0.5, 0.6) is 5.75 Å². The molecule has 1 aromatic carbocycles. The summed E-state index contributed by atoms with van der Waals surface area (Å²) >= 11 is 0. The summed E-state index contributed by atoms with van der Waals surface area (Å²) in [7, 11) is 1.73. The van der Waals surface area contributed by atoms with Gasteiger partial charge in [-0.1, -0.05) is 11.2 Å². The maximum atomic E-state index is 11.7. The van der Waals surface area contributed by atoms with Crippen molar-refractivity contribution in [3.63, 3.8) is 0 Å². The molecule has 0 saturated heterocycles. The molecule has 5 heteroatoms. The highest BCUT2D eigenvalue weighted by molar-refractivity contribution is 6.00. The second-order valence-electron chi connectivity index (χ2n) is 4.38. The Kier molecular flexibility index (Phi) is 5.36. The molecule has 1 amide bonds. The van der Waals surface area contributed by atoms with E-state index in [0.29, 0.717) is 23.6 Å². The van der Waals surface area contributed by atoms with E-state index in [1.54, 1.807) is 18.9 Å². The van der Waals surface area contributed by atoms with Crippen molar-refractivity contribution in [2.45, 2.75) is 20.8 Å². The van der Waals surface area contributed by atoms with Gasteiger partial charge in [0.25, 0.3) is 5.91 Å². The van der Waals surface area contributed by atoms with Gasteiger partial charge in [-0.3, -0.25) is 4.79 Å². The lowest BCUT2D eigenvalue weighted by atomic mass is 10.1. The van der Waals surface area contributed by atoms with Gasteiger partial charge in [0, 0.05) is 19.2 Å². The number of hydrogen-bond donors (Lipinski definition) is 1. The first-order chi connectivity index (χ1) is 8.99. The van der Waals surface area contributed by atoms with E-state index in [-0.39, 0.29) is 12.5 Å². The first-order valence-electron chi connectivity index (χ1n) is 6.16. The lowest BCUT2D eigenvalue weighted by Crippen LogP contribution is -2.31. The Balaban J connectivity index is 2.88. The molecule has 0 saturated carbocycles. The van der Waals surface area contributed by atoms with Crippen LogP contribution in [0.2, 0.25) is 0 Å². The molecule has 0 aliphatic carbocycles. The number of rotatable bonds is 5. The van der Waals surface area contributed by atoms with Crippen molar-refractivity contribution in [3.8, 4) is 5.75 Å². The minimum Gasteiger partial charge on any atom is -0.483 e. The Morgan fingerprint density at radius 1 is 1.47 bits per heavy atom. The summed E-state index contributed by atoms with van der Waals surface area (Å²) in [5.41, 5.74) is 2.15. The molecule has 0 fully saturated rings. The molecule has 0 aliphatic rings. The van der Waals surface area contributed by atoms with Crippen LogP contribution in [0.1, 0.15) is 25.0 Å². The van der Waals surface area contributed by atoms with Crippen LogP contribution >= 0.6 is 0 Å². The lowest BCUT2D eigenvalue weighted by Gasteiger charge is -2.16. The van der Waals surface area contributed by atoms with Crippen LogP contribution in [0, 0.1) is 6.92 Å². The first-order valence-corrected chi connectivity index (χ1v) is 6.16. The van der Waals surface area contributed by atoms with Crippen LogP contribution in [0.3, 0.4) is 0 Å². The maximum absolute atomic E-state index is 11.7. The van der Waals surface area contributed by atoms with E-state index in [2.05, 4.69) is 5.16 Å². The van der Waals surface area contributed by atoms with Gasteiger partial charge in [-0.2, -0.15) is 0 Å². The lowest BCUT2D eigenvalue weighted by molar-refractivity contribution is -0.131. The Morgan fingerprint density at radius 3 is 2.74 bits per heavy atom. The van der Waals surface area contributed by atoms with Gasteiger partial charge in [0.1, 0.15) is 5.75 Å². The Hall–Kier alpha value is -2.04.